The van der Waals surface area contributed by atoms with E-state index in [1.165, 1.54) is 6.07 Å². The van der Waals surface area contributed by atoms with E-state index in [-0.39, 0.29) is 23.6 Å². The highest BCUT2D eigenvalue weighted by Crippen LogP contribution is 2.43. The van der Waals surface area contributed by atoms with Crippen LogP contribution in [-0.2, 0) is 4.79 Å². The fourth-order valence-electron chi connectivity index (χ4n) is 3.30. The van der Waals surface area contributed by atoms with E-state index < -0.39 is 41.9 Å². The van der Waals surface area contributed by atoms with Gasteiger partial charge in [0.05, 0.1) is 17.0 Å². The zero-order valence-corrected chi connectivity index (χ0v) is 12.8. The van der Waals surface area contributed by atoms with Crippen LogP contribution in [0.25, 0.3) is 0 Å². The van der Waals surface area contributed by atoms with Gasteiger partial charge in [-0.2, -0.15) is 0 Å². The number of nitrogens with one attached hydrogen (secondary N) is 1. The van der Waals surface area contributed by atoms with Crippen LogP contribution in [0.2, 0.25) is 5.02 Å². The Bertz CT molecular complexity index is 683. The molecule has 0 saturated carbocycles. The van der Waals surface area contributed by atoms with Crippen molar-refractivity contribution >= 4 is 23.4 Å². The van der Waals surface area contributed by atoms with Crippen molar-refractivity contribution in [3.63, 3.8) is 0 Å². The summed E-state index contributed by atoms with van der Waals surface area (Å²) in [5.41, 5.74) is -1.25. The van der Waals surface area contributed by atoms with E-state index in [1.54, 1.807) is 0 Å². The molecule has 1 N–H and O–H groups in total. The molecule has 0 aliphatic carbocycles. The van der Waals surface area contributed by atoms with Crippen molar-refractivity contribution in [1.29, 1.82) is 0 Å². The molecule has 2 fully saturated rings. The van der Waals surface area contributed by atoms with E-state index in [2.05, 4.69) is 5.32 Å². The molecule has 2 aliphatic rings. The molecule has 1 atom stereocenters. The molecule has 0 bridgehead atoms. The summed E-state index contributed by atoms with van der Waals surface area (Å²) < 4.78 is 41.4. The number of hydrogen-bond donors (Lipinski definition) is 1. The highest BCUT2D eigenvalue weighted by atomic mass is 35.5. The van der Waals surface area contributed by atoms with E-state index in [1.807, 2.05) is 0 Å². The third-order valence-corrected chi connectivity index (χ3v) is 4.63. The molecule has 3 rings (SSSR count). The average Bonchev–Trinajstić information content (AvgIpc) is 2.79. The molecule has 1 aromatic rings. The van der Waals surface area contributed by atoms with E-state index in [4.69, 9.17) is 11.6 Å². The van der Waals surface area contributed by atoms with Gasteiger partial charge in [-0.05, 0) is 24.6 Å². The lowest BCUT2D eigenvalue weighted by Gasteiger charge is -2.42. The minimum absolute atomic E-state index is 0.0163. The SMILES string of the molecule is O=C(c1ccc(F)c(Cl)c1)N1CC(F)(F)CC2(CCNC2=O)C1. The predicted molar refractivity (Wildman–Crippen MR) is 76.9 cm³/mol. The van der Waals surface area contributed by atoms with Crippen LogP contribution in [0.1, 0.15) is 23.2 Å². The van der Waals surface area contributed by atoms with Gasteiger partial charge in [0.15, 0.2) is 0 Å². The van der Waals surface area contributed by atoms with Crippen molar-refractivity contribution in [3.8, 4) is 0 Å². The molecule has 2 heterocycles. The second kappa shape index (κ2) is 5.40. The number of carbonyl (C=O) groups excluding carboxylic acids is 2. The number of benzene rings is 1. The first kappa shape index (κ1) is 16.1. The predicted octanol–water partition coefficient (Wildman–Crippen LogP) is 2.47. The van der Waals surface area contributed by atoms with Crippen LogP contribution in [0.5, 0.6) is 0 Å². The Kier molecular flexibility index (Phi) is 3.78. The third-order valence-electron chi connectivity index (χ3n) is 4.34. The number of piperidine rings is 1. The van der Waals surface area contributed by atoms with Crippen molar-refractivity contribution in [3.05, 3.63) is 34.6 Å². The maximum Gasteiger partial charge on any atom is 0.266 e. The zero-order chi connectivity index (χ0) is 16.8. The molecule has 2 aliphatic heterocycles. The number of hydrogen-bond acceptors (Lipinski definition) is 2. The average molecular weight is 347 g/mol. The lowest BCUT2D eigenvalue weighted by atomic mass is 9.77. The fraction of sp³-hybridized carbons (Fsp3) is 0.467. The molecule has 124 valence electrons. The number of amides is 2. The van der Waals surface area contributed by atoms with E-state index in [0.717, 1.165) is 17.0 Å². The second-order valence-corrected chi connectivity index (χ2v) is 6.52. The summed E-state index contributed by atoms with van der Waals surface area (Å²) >= 11 is 5.64. The Hall–Kier alpha value is -1.76. The summed E-state index contributed by atoms with van der Waals surface area (Å²) in [5.74, 6) is -4.99. The monoisotopic (exact) mass is 346 g/mol. The van der Waals surface area contributed by atoms with Gasteiger partial charge in [0, 0.05) is 25.1 Å². The third kappa shape index (κ3) is 2.89. The first-order valence-corrected chi connectivity index (χ1v) is 7.51. The summed E-state index contributed by atoms with van der Waals surface area (Å²) in [6.45, 7) is -0.530. The maximum absolute atomic E-state index is 14.1. The van der Waals surface area contributed by atoms with Gasteiger partial charge in [-0.15, -0.1) is 0 Å². The van der Waals surface area contributed by atoms with Gasteiger partial charge in [0.2, 0.25) is 5.91 Å². The number of rotatable bonds is 1. The van der Waals surface area contributed by atoms with Crippen LogP contribution in [0.15, 0.2) is 18.2 Å². The summed E-state index contributed by atoms with van der Waals surface area (Å²) in [6.07, 6.45) is -0.310. The Balaban J connectivity index is 1.90. The molecule has 0 radical (unpaired) electrons. The standard InChI is InChI=1S/C15H14ClF3N2O2/c16-10-5-9(1-2-11(10)17)12(22)21-7-14(3-4-20-13(14)23)6-15(18,19)8-21/h1-2,5H,3-4,6-8H2,(H,20,23). The molecule has 2 amide bonds. The number of alkyl halides is 2. The number of likely N-dealkylation sites (tertiary alicyclic amines) is 1. The molecule has 4 nitrogen and oxygen atoms in total. The van der Waals surface area contributed by atoms with Gasteiger partial charge in [-0.25, -0.2) is 13.2 Å². The molecule has 8 heteroatoms. The molecule has 1 spiro atoms. The molecular formula is C15H14ClF3N2O2. The fourth-order valence-corrected chi connectivity index (χ4v) is 3.48. The van der Waals surface area contributed by atoms with Gasteiger partial charge in [0.1, 0.15) is 5.82 Å². The second-order valence-electron chi connectivity index (χ2n) is 6.11. The lowest BCUT2D eigenvalue weighted by molar-refractivity contribution is -0.144. The minimum Gasteiger partial charge on any atom is -0.356 e. The van der Waals surface area contributed by atoms with Crippen molar-refractivity contribution in [1.82, 2.24) is 10.2 Å². The van der Waals surface area contributed by atoms with Crippen LogP contribution in [0.4, 0.5) is 13.2 Å². The Morgan fingerprint density at radius 3 is 2.65 bits per heavy atom. The van der Waals surface area contributed by atoms with Crippen LogP contribution in [-0.4, -0.2) is 42.3 Å². The van der Waals surface area contributed by atoms with Gasteiger partial charge >= 0.3 is 0 Å². The largest absolute Gasteiger partial charge is 0.356 e. The summed E-state index contributed by atoms with van der Waals surface area (Å²) in [5, 5.41) is 2.30. The molecule has 0 aromatic heterocycles. The van der Waals surface area contributed by atoms with Gasteiger partial charge < -0.3 is 10.2 Å². The Labute approximate surface area is 135 Å². The highest BCUT2D eigenvalue weighted by Gasteiger charge is 2.55. The Morgan fingerprint density at radius 1 is 1.30 bits per heavy atom. The molecule has 2 saturated heterocycles. The van der Waals surface area contributed by atoms with Gasteiger partial charge in [-0.1, -0.05) is 11.6 Å². The first-order valence-electron chi connectivity index (χ1n) is 7.13. The number of halogens is 4. The van der Waals surface area contributed by atoms with Crippen LogP contribution in [0, 0.1) is 11.2 Å². The van der Waals surface area contributed by atoms with E-state index in [0.29, 0.717) is 6.54 Å². The molecule has 1 unspecified atom stereocenters. The number of nitrogens with zero attached hydrogens (tertiary/aromatic N) is 1. The molecule has 1 aromatic carbocycles. The normalized spacial score (nSPS) is 26.4. The minimum atomic E-state index is -3.15. The summed E-state index contributed by atoms with van der Waals surface area (Å²) in [7, 11) is 0. The van der Waals surface area contributed by atoms with Crippen molar-refractivity contribution in [2.45, 2.75) is 18.8 Å². The van der Waals surface area contributed by atoms with Crippen molar-refractivity contribution in [2.24, 2.45) is 5.41 Å². The van der Waals surface area contributed by atoms with E-state index >= 15 is 0 Å². The Morgan fingerprint density at radius 2 is 2.04 bits per heavy atom. The van der Waals surface area contributed by atoms with E-state index in [9.17, 15) is 22.8 Å². The zero-order valence-electron chi connectivity index (χ0n) is 12.0. The van der Waals surface area contributed by atoms with Crippen LogP contribution in [0.3, 0.4) is 0 Å². The van der Waals surface area contributed by atoms with Crippen molar-refractivity contribution < 1.29 is 22.8 Å². The van der Waals surface area contributed by atoms with Gasteiger partial charge in [-0.3, -0.25) is 9.59 Å². The van der Waals surface area contributed by atoms with Crippen molar-refractivity contribution in [2.75, 3.05) is 19.6 Å². The maximum atomic E-state index is 14.1. The topological polar surface area (TPSA) is 49.4 Å². The van der Waals surface area contributed by atoms with Crippen LogP contribution < -0.4 is 5.32 Å². The quantitative estimate of drug-likeness (QED) is 0.849. The number of carbonyl (C=O) groups is 2. The van der Waals surface area contributed by atoms with Gasteiger partial charge in [0.25, 0.3) is 11.8 Å². The first-order chi connectivity index (χ1) is 10.7. The molecular weight excluding hydrogens is 333 g/mol. The summed E-state index contributed by atoms with van der Waals surface area (Å²) in [4.78, 5) is 25.4. The molecule has 23 heavy (non-hydrogen) atoms. The summed E-state index contributed by atoms with van der Waals surface area (Å²) in [6, 6.07) is 3.31. The highest BCUT2D eigenvalue weighted by molar-refractivity contribution is 6.31. The van der Waals surface area contributed by atoms with Crippen LogP contribution >= 0.6 is 11.6 Å². The lowest BCUT2D eigenvalue weighted by Crippen LogP contribution is -2.56. The smallest absolute Gasteiger partial charge is 0.266 e.